The highest BCUT2D eigenvalue weighted by Crippen LogP contribution is 2.16. The lowest BCUT2D eigenvalue weighted by molar-refractivity contribution is -0.167. The topological polar surface area (TPSA) is 78.9 Å². The zero-order valence-corrected chi connectivity index (χ0v) is 41.4. The maximum Gasteiger partial charge on any atom is 0.306 e. The summed E-state index contributed by atoms with van der Waals surface area (Å²) < 4.78 is 16.7. The van der Waals surface area contributed by atoms with Crippen LogP contribution in [-0.2, 0) is 28.6 Å². The van der Waals surface area contributed by atoms with Gasteiger partial charge in [0.15, 0.2) is 6.10 Å². The van der Waals surface area contributed by atoms with Crippen molar-refractivity contribution >= 4 is 17.9 Å². The highest BCUT2D eigenvalue weighted by Gasteiger charge is 2.19. The number of rotatable bonds is 49. The first kappa shape index (κ1) is 59.6. The second-order valence-electron chi connectivity index (χ2n) is 18.1. The molecule has 0 aromatic rings. The Labute approximate surface area is 385 Å². The van der Waals surface area contributed by atoms with Gasteiger partial charge in [-0.1, -0.05) is 231 Å². The maximum atomic E-state index is 12.7. The third-order valence-electron chi connectivity index (χ3n) is 11.9. The summed E-state index contributed by atoms with van der Waals surface area (Å²) in [5, 5.41) is 0. The fourth-order valence-corrected chi connectivity index (χ4v) is 7.75. The van der Waals surface area contributed by atoms with E-state index in [-0.39, 0.29) is 31.1 Å². The molecule has 0 spiro atoms. The van der Waals surface area contributed by atoms with Crippen LogP contribution in [0.25, 0.3) is 0 Å². The first-order chi connectivity index (χ1) is 30.5. The van der Waals surface area contributed by atoms with E-state index in [9.17, 15) is 14.4 Å². The van der Waals surface area contributed by atoms with Gasteiger partial charge in [0.2, 0.25) is 0 Å². The summed E-state index contributed by atoms with van der Waals surface area (Å²) >= 11 is 0. The molecule has 0 aliphatic carbocycles. The quantitative estimate of drug-likeness (QED) is 0.0262. The van der Waals surface area contributed by atoms with Crippen molar-refractivity contribution < 1.29 is 28.6 Å². The van der Waals surface area contributed by atoms with E-state index in [0.29, 0.717) is 19.3 Å². The van der Waals surface area contributed by atoms with Crippen LogP contribution in [0.5, 0.6) is 0 Å². The molecule has 0 saturated carbocycles. The van der Waals surface area contributed by atoms with Crippen LogP contribution in [0.1, 0.15) is 284 Å². The highest BCUT2D eigenvalue weighted by atomic mass is 16.6. The normalized spacial score (nSPS) is 12.2. The molecule has 0 rings (SSSR count). The average Bonchev–Trinajstić information content (AvgIpc) is 3.27. The molecule has 6 heteroatoms. The second-order valence-corrected chi connectivity index (χ2v) is 18.1. The summed E-state index contributed by atoms with van der Waals surface area (Å²) in [6.45, 7) is 6.57. The van der Waals surface area contributed by atoms with Gasteiger partial charge in [0.25, 0.3) is 0 Å². The van der Waals surface area contributed by atoms with E-state index in [1.165, 1.54) is 167 Å². The van der Waals surface area contributed by atoms with E-state index in [1.807, 2.05) is 0 Å². The summed E-state index contributed by atoms with van der Waals surface area (Å²) in [7, 11) is 0. The van der Waals surface area contributed by atoms with Gasteiger partial charge in [0.1, 0.15) is 13.2 Å². The summed E-state index contributed by atoms with van der Waals surface area (Å²) in [4.78, 5) is 37.8. The highest BCUT2D eigenvalue weighted by molar-refractivity contribution is 5.71. The zero-order chi connectivity index (χ0) is 45.1. The van der Waals surface area contributed by atoms with Crippen LogP contribution in [0.15, 0.2) is 36.5 Å². The van der Waals surface area contributed by atoms with Crippen LogP contribution in [0, 0.1) is 0 Å². The molecule has 0 aliphatic heterocycles. The summed E-state index contributed by atoms with van der Waals surface area (Å²) in [6, 6.07) is 0. The van der Waals surface area contributed by atoms with Gasteiger partial charge in [-0.05, 0) is 70.6 Å². The number of allylic oxidation sites excluding steroid dienone is 6. The Bertz CT molecular complexity index is 1050. The monoisotopic (exact) mass is 871 g/mol. The van der Waals surface area contributed by atoms with Crippen molar-refractivity contribution in [2.24, 2.45) is 0 Å². The molecule has 0 saturated heterocycles. The smallest absolute Gasteiger partial charge is 0.306 e. The molecule has 0 amide bonds. The van der Waals surface area contributed by atoms with Gasteiger partial charge in [-0.2, -0.15) is 0 Å². The largest absolute Gasteiger partial charge is 0.462 e. The molecule has 0 aromatic heterocycles. The Hall–Kier alpha value is -2.37. The molecule has 1 unspecified atom stereocenters. The number of hydrogen-bond acceptors (Lipinski definition) is 6. The minimum atomic E-state index is -0.770. The lowest BCUT2D eigenvalue weighted by Gasteiger charge is -2.18. The first-order valence-corrected chi connectivity index (χ1v) is 27.0. The van der Waals surface area contributed by atoms with Crippen LogP contribution in [-0.4, -0.2) is 37.2 Å². The first-order valence-electron chi connectivity index (χ1n) is 27.0. The van der Waals surface area contributed by atoms with E-state index < -0.39 is 6.10 Å². The van der Waals surface area contributed by atoms with E-state index in [1.54, 1.807) is 0 Å². The van der Waals surface area contributed by atoms with Crippen LogP contribution in [0.4, 0.5) is 0 Å². The molecule has 62 heavy (non-hydrogen) atoms. The predicted molar refractivity (Wildman–Crippen MR) is 266 cm³/mol. The van der Waals surface area contributed by atoms with E-state index in [0.717, 1.165) is 77.0 Å². The summed E-state index contributed by atoms with van der Waals surface area (Å²) in [5.74, 6) is -0.879. The van der Waals surface area contributed by atoms with Gasteiger partial charge < -0.3 is 14.2 Å². The van der Waals surface area contributed by atoms with E-state index in [2.05, 4.69) is 57.2 Å². The number of unbranched alkanes of at least 4 members (excludes halogenated alkanes) is 32. The lowest BCUT2D eigenvalue weighted by atomic mass is 10.0. The molecular formula is C56H102O6. The average molecular weight is 871 g/mol. The third kappa shape index (κ3) is 48.7. The van der Waals surface area contributed by atoms with Gasteiger partial charge in [-0.3, -0.25) is 14.4 Å². The molecule has 0 aromatic carbocycles. The number of ether oxygens (including phenoxy) is 3. The molecule has 0 fully saturated rings. The third-order valence-corrected chi connectivity index (χ3v) is 11.9. The fraction of sp³-hybridized carbons (Fsp3) is 0.839. The molecule has 0 heterocycles. The van der Waals surface area contributed by atoms with E-state index in [4.69, 9.17) is 14.2 Å². The summed E-state index contributed by atoms with van der Waals surface area (Å²) in [5.41, 5.74) is 0. The fourth-order valence-electron chi connectivity index (χ4n) is 7.75. The second kappa shape index (κ2) is 51.3. The summed E-state index contributed by atoms with van der Waals surface area (Å²) in [6.07, 6.45) is 60.1. The van der Waals surface area contributed by atoms with Gasteiger partial charge >= 0.3 is 17.9 Å². The van der Waals surface area contributed by atoms with Crippen molar-refractivity contribution in [3.63, 3.8) is 0 Å². The molecular weight excluding hydrogens is 769 g/mol. The van der Waals surface area contributed by atoms with Crippen molar-refractivity contribution in [3.05, 3.63) is 36.5 Å². The van der Waals surface area contributed by atoms with Crippen molar-refractivity contribution in [2.75, 3.05) is 13.2 Å². The van der Waals surface area contributed by atoms with Gasteiger partial charge in [-0.25, -0.2) is 0 Å². The standard InChI is InChI=1S/C56H102O6/c1-4-7-10-13-16-19-21-22-23-24-25-26-27-28-29-30-31-32-33-34-36-37-40-43-46-49-55(58)61-52-53(51-60-54(57)48-45-42-39-18-15-12-9-6-3)62-56(59)50-47-44-41-38-35-20-17-14-11-8-5-2/h14,17,21-22,24-25,53H,4-13,15-16,18-20,23,26-52H2,1-3H3/b17-14-,22-21-,25-24-. The van der Waals surface area contributed by atoms with Gasteiger partial charge in [0, 0.05) is 19.3 Å². The van der Waals surface area contributed by atoms with Crippen LogP contribution < -0.4 is 0 Å². The molecule has 1 atom stereocenters. The van der Waals surface area contributed by atoms with Crippen LogP contribution in [0.2, 0.25) is 0 Å². The van der Waals surface area contributed by atoms with Crippen molar-refractivity contribution in [1.82, 2.24) is 0 Å². The van der Waals surface area contributed by atoms with Crippen molar-refractivity contribution in [2.45, 2.75) is 290 Å². The van der Waals surface area contributed by atoms with Crippen molar-refractivity contribution in [3.8, 4) is 0 Å². The minimum Gasteiger partial charge on any atom is -0.462 e. The number of hydrogen-bond donors (Lipinski definition) is 0. The maximum absolute atomic E-state index is 12.7. The Balaban J connectivity index is 4.11. The number of carbonyl (C=O) groups is 3. The van der Waals surface area contributed by atoms with Gasteiger partial charge in [-0.15, -0.1) is 0 Å². The Morgan fingerprint density at radius 3 is 0.952 bits per heavy atom. The molecule has 362 valence electrons. The Morgan fingerprint density at radius 2 is 0.597 bits per heavy atom. The van der Waals surface area contributed by atoms with E-state index >= 15 is 0 Å². The number of carbonyl (C=O) groups excluding carboxylic acids is 3. The SMILES string of the molecule is CCCC/C=C\CCCCCCCC(=O)OC(COC(=O)CCCCCCCCCC)COC(=O)CCCCCCCCCCCCCCC/C=C\C/C=C\CCCCCCC. The molecule has 0 radical (unpaired) electrons. The van der Waals surface area contributed by atoms with Crippen LogP contribution in [0.3, 0.4) is 0 Å². The van der Waals surface area contributed by atoms with Crippen molar-refractivity contribution in [1.29, 1.82) is 0 Å². The Morgan fingerprint density at radius 1 is 0.323 bits per heavy atom. The molecule has 6 nitrogen and oxygen atoms in total. The number of esters is 3. The van der Waals surface area contributed by atoms with Crippen LogP contribution >= 0.6 is 0 Å². The lowest BCUT2D eigenvalue weighted by Crippen LogP contribution is -2.30. The Kier molecular flexibility index (Phi) is 49.3. The zero-order valence-electron chi connectivity index (χ0n) is 41.4. The van der Waals surface area contributed by atoms with Gasteiger partial charge in [0.05, 0.1) is 0 Å². The minimum absolute atomic E-state index is 0.0731. The molecule has 0 bridgehead atoms. The predicted octanol–water partition coefficient (Wildman–Crippen LogP) is 17.7. The molecule has 0 N–H and O–H groups in total. The molecule has 0 aliphatic rings.